The minimum absolute atomic E-state index is 0.113. The second-order valence-electron chi connectivity index (χ2n) is 5.43. The molecule has 3 rings (SSSR count). The Balaban J connectivity index is 0.000000774. The maximum absolute atomic E-state index is 12.6. The van der Waals surface area contributed by atoms with Gasteiger partial charge in [0.2, 0.25) is 0 Å². The third-order valence-electron chi connectivity index (χ3n) is 4.25. The number of likely N-dealkylation sites (tertiary alicyclic amines) is 1. The highest BCUT2D eigenvalue weighted by atomic mass is 16.5. The van der Waals surface area contributed by atoms with Crippen LogP contribution < -0.4 is 4.74 Å². The average Bonchev–Trinajstić information content (AvgIpc) is 2.54. The smallest absolute Gasteiger partial charge is 0.171 e. The lowest BCUT2D eigenvalue weighted by atomic mass is 9.73. The summed E-state index contributed by atoms with van der Waals surface area (Å²) in [6.45, 7) is 10.5. The fourth-order valence-corrected chi connectivity index (χ4v) is 3.46. The molecule has 0 radical (unpaired) electrons. The van der Waals surface area contributed by atoms with Gasteiger partial charge in [0.15, 0.2) is 5.78 Å². The van der Waals surface area contributed by atoms with Crippen LogP contribution in [0.25, 0.3) is 0 Å². The van der Waals surface area contributed by atoms with E-state index < -0.39 is 0 Å². The molecule has 0 spiro atoms. The predicted octanol–water partition coefficient (Wildman–Crippen LogP) is 3.51. The minimum Gasteiger partial charge on any atom is -0.496 e. The molecule has 1 aromatic rings. The number of benzene rings is 1. The number of Topliss-reactive ketones (excluding diaryl/α,β-unsaturated/α-hetero) is 1. The van der Waals surface area contributed by atoms with E-state index in [4.69, 9.17) is 4.74 Å². The number of rotatable bonds is 3. The molecular weight excluding hydrogens is 262 g/mol. The number of piperidine rings is 1. The van der Waals surface area contributed by atoms with Gasteiger partial charge >= 0.3 is 0 Å². The van der Waals surface area contributed by atoms with E-state index in [1.165, 1.54) is 0 Å². The summed E-state index contributed by atoms with van der Waals surface area (Å²) < 4.78 is 5.37. The van der Waals surface area contributed by atoms with Crippen LogP contribution in [0.15, 0.2) is 30.9 Å². The maximum atomic E-state index is 12.6. The maximum Gasteiger partial charge on any atom is 0.171 e. The summed E-state index contributed by atoms with van der Waals surface area (Å²) in [4.78, 5) is 14.9. The number of hydrogen-bond acceptors (Lipinski definition) is 3. The van der Waals surface area contributed by atoms with Crippen molar-refractivity contribution >= 4 is 5.78 Å². The van der Waals surface area contributed by atoms with Gasteiger partial charge in [-0.3, -0.25) is 9.69 Å². The normalized spacial score (nSPS) is 23.7. The van der Waals surface area contributed by atoms with Crippen LogP contribution in [0, 0.1) is 5.92 Å². The van der Waals surface area contributed by atoms with E-state index in [-0.39, 0.29) is 11.7 Å². The van der Waals surface area contributed by atoms with Gasteiger partial charge in [-0.05, 0) is 24.0 Å². The summed E-state index contributed by atoms with van der Waals surface area (Å²) in [5, 5.41) is 0. The van der Waals surface area contributed by atoms with Crippen molar-refractivity contribution in [2.24, 2.45) is 5.92 Å². The highest BCUT2D eigenvalue weighted by Crippen LogP contribution is 2.42. The van der Waals surface area contributed by atoms with Crippen LogP contribution in [-0.2, 0) is 0 Å². The van der Waals surface area contributed by atoms with Crippen LogP contribution >= 0.6 is 0 Å². The Kier molecular flexibility index (Phi) is 5.18. The van der Waals surface area contributed by atoms with E-state index in [1.54, 1.807) is 7.11 Å². The monoisotopic (exact) mass is 287 g/mol. The van der Waals surface area contributed by atoms with Crippen molar-refractivity contribution in [1.29, 1.82) is 0 Å². The van der Waals surface area contributed by atoms with Crippen LogP contribution in [0.3, 0.4) is 0 Å². The van der Waals surface area contributed by atoms with E-state index in [9.17, 15) is 4.79 Å². The Hall–Kier alpha value is -1.61. The molecule has 0 aromatic heterocycles. The van der Waals surface area contributed by atoms with Gasteiger partial charge in [0, 0.05) is 25.6 Å². The summed E-state index contributed by atoms with van der Waals surface area (Å²) in [5.74, 6) is 1.54. The third kappa shape index (κ3) is 2.88. The molecule has 1 aromatic carbocycles. The van der Waals surface area contributed by atoms with Crippen LogP contribution in [0.2, 0.25) is 0 Å². The Bertz CT molecular complexity index is 524. The molecule has 1 aliphatic carbocycles. The zero-order chi connectivity index (χ0) is 15.4. The van der Waals surface area contributed by atoms with E-state index in [1.807, 2.05) is 32.1 Å². The van der Waals surface area contributed by atoms with Crippen LogP contribution in [-0.4, -0.2) is 37.4 Å². The standard InChI is InChI=1S/C16H19NO2.C2H6/c1-3-7-17-9-11-8-12(10-17)16(18)15-13(11)5-4-6-14(15)19-2;1-2/h3-6,11-12H,1,7-10H2,2H3;1-2H3. The lowest BCUT2D eigenvalue weighted by Crippen LogP contribution is -2.45. The fraction of sp³-hybridized carbons (Fsp3) is 0.500. The molecule has 1 saturated heterocycles. The average molecular weight is 287 g/mol. The van der Waals surface area contributed by atoms with E-state index in [0.29, 0.717) is 5.92 Å². The topological polar surface area (TPSA) is 29.5 Å². The molecule has 1 heterocycles. The van der Waals surface area contributed by atoms with Gasteiger partial charge in [-0.1, -0.05) is 32.1 Å². The molecule has 0 amide bonds. The Labute approximate surface area is 127 Å². The van der Waals surface area contributed by atoms with Crippen molar-refractivity contribution in [3.05, 3.63) is 42.0 Å². The summed E-state index contributed by atoms with van der Waals surface area (Å²) in [6.07, 6.45) is 2.89. The first kappa shape index (κ1) is 15.8. The van der Waals surface area contributed by atoms with Crippen LogP contribution in [0.1, 0.15) is 42.1 Å². The van der Waals surface area contributed by atoms with Crippen LogP contribution in [0.4, 0.5) is 0 Å². The van der Waals surface area contributed by atoms with Gasteiger partial charge in [-0.15, -0.1) is 6.58 Å². The number of methoxy groups -OCH3 is 1. The summed E-state index contributed by atoms with van der Waals surface area (Å²) >= 11 is 0. The lowest BCUT2D eigenvalue weighted by molar-refractivity contribution is 0.0769. The fourth-order valence-electron chi connectivity index (χ4n) is 3.46. The van der Waals surface area contributed by atoms with Gasteiger partial charge in [0.25, 0.3) is 0 Å². The van der Waals surface area contributed by atoms with Gasteiger partial charge in [-0.2, -0.15) is 0 Å². The number of ether oxygens (including phenoxy) is 1. The zero-order valence-electron chi connectivity index (χ0n) is 13.3. The first-order chi connectivity index (χ1) is 10.2. The molecule has 3 nitrogen and oxygen atoms in total. The molecular formula is C18H25NO2. The zero-order valence-corrected chi connectivity index (χ0v) is 13.3. The van der Waals surface area contributed by atoms with Crippen molar-refractivity contribution in [2.45, 2.75) is 26.2 Å². The van der Waals surface area contributed by atoms with Crippen LogP contribution in [0.5, 0.6) is 5.75 Å². The second-order valence-corrected chi connectivity index (χ2v) is 5.43. The van der Waals surface area contributed by atoms with Crippen molar-refractivity contribution in [2.75, 3.05) is 26.7 Å². The predicted molar refractivity (Wildman–Crippen MR) is 86.2 cm³/mol. The highest BCUT2D eigenvalue weighted by molar-refractivity contribution is 6.03. The summed E-state index contributed by atoms with van der Waals surface area (Å²) in [5.41, 5.74) is 1.99. The molecule has 114 valence electrons. The Morgan fingerprint density at radius 3 is 2.71 bits per heavy atom. The lowest BCUT2D eigenvalue weighted by Gasteiger charge is -2.41. The second kappa shape index (κ2) is 6.90. The summed E-state index contributed by atoms with van der Waals surface area (Å²) in [6, 6.07) is 5.95. The van der Waals surface area contributed by atoms with Crippen molar-refractivity contribution in [3.63, 3.8) is 0 Å². The van der Waals surface area contributed by atoms with Gasteiger partial charge < -0.3 is 4.74 Å². The number of ketones is 1. The SMILES string of the molecule is C=CCN1CC2CC(C1)c1cccc(OC)c1C2=O.CC. The Morgan fingerprint density at radius 2 is 2.05 bits per heavy atom. The highest BCUT2D eigenvalue weighted by Gasteiger charge is 2.40. The number of nitrogens with zero attached hydrogens (tertiary/aromatic N) is 1. The third-order valence-corrected chi connectivity index (χ3v) is 4.25. The first-order valence-corrected chi connectivity index (χ1v) is 7.79. The van der Waals surface area contributed by atoms with E-state index in [2.05, 4.69) is 17.5 Å². The molecule has 2 aliphatic rings. The largest absolute Gasteiger partial charge is 0.496 e. The molecule has 21 heavy (non-hydrogen) atoms. The molecule has 0 N–H and O–H groups in total. The van der Waals surface area contributed by atoms with Gasteiger partial charge in [0.05, 0.1) is 12.7 Å². The minimum atomic E-state index is 0.113. The first-order valence-electron chi connectivity index (χ1n) is 7.79. The Morgan fingerprint density at radius 1 is 1.33 bits per heavy atom. The molecule has 0 saturated carbocycles. The van der Waals surface area contributed by atoms with Crippen molar-refractivity contribution in [1.82, 2.24) is 4.90 Å². The number of fused-ring (bicyclic) bond motifs is 4. The molecule has 2 bridgehead atoms. The number of carbonyl (C=O) groups is 1. The molecule has 3 heteroatoms. The van der Waals surface area contributed by atoms with Crippen molar-refractivity contribution < 1.29 is 9.53 Å². The van der Waals surface area contributed by atoms with Gasteiger partial charge in [0.1, 0.15) is 5.75 Å². The van der Waals surface area contributed by atoms with Gasteiger partial charge in [-0.25, -0.2) is 0 Å². The summed E-state index contributed by atoms with van der Waals surface area (Å²) in [7, 11) is 1.64. The quantitative estimate of drug-likeness (QED) is 0.797. The molecule has 1 fully saturated rings. The molecule has 1 aliphatic heterocycles. The van der Waals surface area contributed by atoms with E-state index >= 15 is 0 Å². The number of hydrogen-bond donors (Lipinski definition) is 0. The van der Waals surface area contributed by atoms with Crippen molar-refractivity contribution in [3.8, 4) is 5.75 Å². The molecule has 2 atom stereocenters. The molecule has 2 unspecified atom stereocenters. The van der Waals surface area contributed by atoms with E-state index in [0.717, 1.165) is 42.9 Å². The number of carbonyl (C=O) groups excluding carboxylic acids is 1.